The van der Waals surface area contributed by atoms with Gasteiger partial charge in [-0.05, 0) is 42.8 Å². The van der Waals surface area contributed by atoms with Crippen molar-refractivity contribution in [3.63, 3.8) is 0 Å². The van der Waals surface area contributed by atoms with Gasteiger partial charge in [-0.3, -0.25) is 4.79 Å². The number of pyridine rings is 1. The molecule has 0 fully saturated rings. The van der Waals surface area contributed by atoms with Crippen LogP contribution < -0.4 is 10.1 Å². The van der Waals surface area contributed by atoms with Crippen LogP contribution >= 0.6 is 0 Å². The highest BCUT2D eigenvalue weighted by molar-refractivity contribution is 6.13. The quantitative estimate of drug-likeness (QED) is 0.550. The molecule has 5 nitrogen and oxygen atoms in total. The number of nitrogens with zero attached hydrogens (tertiary/aromatic N) is 1. The molecule has 2 N–H and O–H groups in total. The lowest BCUT2D eigenvalue weighted by molar-refractivity contribution is 0.0949. The topological polar surface area (TPSA) is 67.0 Å². The number of methoxy groups -OCH3 is 1. The Morgan fingerprint density at radius 3 is 2.63 bits per heavy atom. The predicted octanol–water partition coefficient (Wildman–Crippen LogP) is 4.53. The largest absolute Gasteiger partial charge is 0.497 e. The number of H-pyrrole nitrogens is 1. The second-order valence-electron chi connectivity index (χ2n) is 6.43. The van der Waals surface area contributed by atoms with Crippen molar-refractivity contribution in [3.8, 4) is 17.0 Å². The van der Waals surface area contributed by atoms with E-state index in [2.05, 4.69) is 16.4 Å². The number of aromatic amines is 1. The van der Waals surface area contributed by atoms with Crippen molar-refractivity contribution in [1.82, 2.24) is 15.3 Å². The van der Waals surface area contributed by atoms with E-state index >= 15 is 0 Å². The van der Waals surface area contributed by atoms with Crippen molar-refractivity contribution in [2.24, 2.45) is 0 Å². The number of para-hydroxylation sites is 1. The van der Waals surface area contributed by atoms with Gasteiger partial charge in [-0.2, -0.15) is 0 Å². The van der Waals surface area contributed by atoms with Gasteiger partial charge in [0.05, 0.1) is 18.3 Å². The van der Waals surface area contributed by atoms with Gasteiger partial charge >= 0.3 is 0 Å². The molecule has 0 bridgehead atoms. The number of rotatable bonds is 5. The molecule has 0 unspecified atom stereocenters. The minimum atomic E-state index is -0.154. The minimum absolute atomic E-state index is 0.154. The third-order valence-corrected chi connectivity index (χ3v) is 4.63. The van der Waals surface area contributed by atoms with Crippen molar-refractivity contribution >= 4 is 27.7 Å². The molecule has 4 rings (SSSR count). The molecular formula is C22H21N3O2. The van der Waals surface area contributed by atoms with Gasteiger partial charge in [0.2, 0.25) is 0 Å². The van der Waals surface area contributed by atoms with Gasteiger partial charge in [0, 0.05) is 28.4 Å². The lowest BCUT2D eigenvalue weighted by Crippen LogP contribution is -2.25. The summed E-state index contributed by atoms with van der Waals surface area (Å²) < 4.78 is 5.25. The molecule has 0 aliphatic carbocycles. The number of aromatic nitrogens is 2. The monoisotopic (exact) mass is 359 g/mol. The molecule has 4 aromatic rings. The van der Waals surface area contributed by atoms with Crippen LogP contribution in [0.15, 0.2) is 54.6 Å². The predicted molar refractivity (Wildman–Crippen MR) is 108 cm³/mol. The molecule has 1 amide bonds. The van der Waals surface area contributed by atoms with E-state index in [1.54, 1.807) is 7.11 Å². The highest BCUT2D eigenvalue weighted by Gasteiger charge is 2.16. The number of amides is 1. The molecule has 0 aliphatic rings. The minimum Gasteiger partial charge on any atom is -0.497 e. The van der Waals surface area contributed by atoms with Crippen molar-refractivity contribution in [2.75, 3.05) is 13.7 Å². The fraction of sp³-hybridized carbons (Fsp3) is 0.182. The maximum Gasteiger partial charge on any atom is 0.269 e. The van der Waals surface area contributed by atoms with Crippen LogP contribution in [0.2, 0.25) is 0 Å². The number of hydrogen-bond acceptors (Lipinski definition) is 3. The van der Waals surface area contributed by atoms with Gasteiger partial charge in [0.1, 0.15) is 11.4 Å². The van der Waals surface area contributed by atoms with Gasteiger partial charge in [0.15, 0.2) is 0 Å². The Labute approximate surface area is 157 Å². The van der Waals surface area contributed by atoms with E-state index in [9.17, 15) is 4.79 Å². The first-order valence-corrected chi connectivity index (χ1v) is 9.05. The summed E-state index contributed by atoms with van der Waals surface area (Å²) in [5.41, 5.74) is 4.06. The number of carbonyl (C=O) groups is 1. The van der Waals surface area contributed by atoms with E-state index in [-0.39, 0.29) is 5.91 Å². The van der Waals surface area contributed by atoms with Crippen LogP contribution in [0.1, 0.15) is 23.8 Å². The fourth-order valence-electron chi connectivity index (χ4n) is 3.25. The summed E-state index contributed by atoms with van der Waals surface area (Å²) >= 11 is 0. The van der Waals surface area contributed by atoms with Crippen molar-refractivity contribution in [2.45, 2.75) is 13.3 Å². The van der Waals surface area contributed by atoms with E-state index in [4.69, 9.17) is 9.72 Å². The molecule has 136 valence electrons. The molecule has 0 radical (unpaired) electrons. The van der Waals surface area contributed by atoms with E-state index < -0.39 is 0 Å². The molecule has 0 aliphatic heterocycles. The lowest BCUT2D eigenvalue weighted by Gasteiger charge is -2.09. The zero-order valence-corrected chi connectivity index (χ0v) is 15.4. The SMILES string of the molecule is CCCNC(=O)c1cc2c([nH]c3ccccc32)c(-c2ccc(OC)cc2)n1. The highest BCUT2D eigenvalue weighted by Crippen LogP contribution is 2.33. The molecule has 5 heteroatoms. The fourth-order valence-corrected chi connectivity index (χ4v) is 3.25. The smallest absolute Gasteiger partial charge is 0.269 e. The standard InChI is InChI=1S/C22H21N3O2/c1-3-12-23-22(26)19-13-17-16-6-4-5-7-18(16)24-21(17)20(25-19)14-8-10-15(27-2)11-9-14/h4-11,13,24H,3,12H2,1-2H3,(H,23,26). The van der Waals surface area contributed by atoms with Crippen LogP contribution in [0.25, 0.3) is 33.1 Å². The first kappa shape index (κ1) is 17.1. The Hall–Kier alpha value is -3.34. The van der Waals surface area contributed by atoms with Gasteiger partial charge in [-0.25, -0.2) is 4.98 Å². The van der Waals surface area contributed by atoms with Gasteiger partial charge < -0.3 is 15.0 Å². The lowest BCUT2D eigenvalue weighted by atomic mass is 10.1. The first-order valence-electron chi connectivity index (χ1n) is 9.05. The molecule has 2 aromatic heterocycles. The number of carbonyl (C=O) groups excluding carboxylic acids is 1. The number of benzene rings is 2. The van der Waals surface area contributed by atoms with Crippen LogP contribution in [0.5, 0.6) is 5.75 Å². The number of hydrogen-bond donors (Lipinski definition) is 2. The van der Waals surface area contributed by atoms with Gasteiger partial charge in [-0.15, -0.1) is 0 Å². The van der Waals surface area contributed by atoms with Crippen LogP contribution in [0.4, 0.5) is 0 Å². The van der Waals surface area contributed by atoms with Crippen molar-refractivity contribution in [1.29, 1.82) is 0 Å². The van der Waals surface area contributed by atoms with Crippen LogP contribution in [0, 0.1) is 0 Å². The normalized spacial score (nSPS) is 11.0. The summed E-state index contributed by atoms with van der Waals surface area (Å²) in [5.74, 6) is 0.627. The average molecular weight is 359 g/mol. The van der Waals surface area contributed by atoms with E-state index in [0.29, 0.717) is 12.2 Å². The molecule has 0 spiro atoms. The molecule has 2 heterocycles. The van der Waals surface area contributed by atoms with E-state index in [1.807, 2.05) is 55.5 Å². The summed E-state index contributed by atoms with van der Waals surface area (Å²) in [4.78, 5) is 20.7. The third kappa shape index (κ3) is 3.12. The Kier molecular flexibility index (Phi) is 4.50. The zero-order valence-electron chi connectivity index (χ0n) is 15.4. The molecule has 0 saturated carbocycles. The van der Waals surface area contributed by atoms with Gasteiger partial charge in [-0.1, -0.05) is 25.1 Å². The van der Waals surface area contributed by atoms with E-state index in [1.165, 1.54) is 0 Å². The second kappa shape index (κ2) is 7.11. The van der Waals surface area contributed by atoms with Crippen LogP contribution in [-0.2, 0) is 0 Å². The summed E-state index contributed by atoms with van der Waals surface area (Å²) in [6.45, 7) is 2.66. The molecule has 2 aromatic carbocycles. The summed E-state index contributed by atoms with van der Waals surface area (Å²) in [6, 6.07) is 17.7. The van der Waals surface area contributed by atoms with E-state index in [0.717, 1.165) is 45.2 Å². The second-order valence-corrected chi connectivity index (χ2v) is 6.43. The Bertz CT molecular complexity index is 1110. The summed E-state index contributed by atoms with van der Waals surface area (Å²) in [7, 11) is 1.64. The molecule has 0 atom stereocenters. The summed E-state index contributed by atoms with van der Waals surface area (Å²) in [6.07, 6.45) is 0.881. The summed E-state index contributed by atoms with van der Waals surface area (Å²) in [5, 5.41) is 4.99. The Morgan fingerprint density at radius 2 is 1.89 bits per heavy atom. The molecular weight excluding hydrogens is 338 g/mol. The van der Waals surface area contributed by atoms with Crippen molar-refractivity contribution in [3.05, 3.63) is 60.3 Å². The number of fused-ring (bicyclic) bond motifs is 3. The molecule has 0 saturated heterocycles. The third-order valence-electron chi connectivity index (χ3n) is 4.63. The first-order chi connectivity index (χ1) is 13.2. The molecule has 27 heavy (non-hydrogen) atoms. The number of nitrogens with one attached hydrogen (secondary N) is 2. The zero-order chi connectivity index (χ0) is 18.8. The average Bonchev–Trinajstić information content (AvgIpc) is 3.10. The van der Waals surface area contributed by atoms with Crippen LogP contribution in [-0.4, -0.2) is 29.5 Å². The van der Waals surface area contributed by atoms with Crippen molar-refractivity contribution < 1.29 is 9.53 Å². The maximum absolute atomic E-state index is 12.6. The number of ether oxygens (including phenoxy) is 1. The Morgan fingerprint density at radius 1 is 1.11 bits per heavy atom. The highest BCUT2D eigenvalue weighted by atomic mass is 16.5. The maximum atomic E-state index is 12.6. The van der Waals surface area contributed by atoms with Crippen LogP contribution in [0.3, 0.4) is 0 Å². The Balaban J connectivity index is 1.95. The van der Waals surface area contributed by atoms with Gasteiger partial charge in [0.25, 0.3) is 5.91 Å².